The van der Waals surface area contributed by atoms with E-state index in [1.54, 1.807) is 0 Å². The summed E-state index contributed by atoms with van der Waals surface area (Å²) in [6.07, 6.45) is -5.58. The van der Waals surface area contributed by atoms with Crippen LogP contribution in [0.5, 0.6) is 5.75 Å². The number of alkyl carbamates (subject to hydrolysis) is 1. The van der Waals surface area contributed by atoms with Gasteiger partial charge >= 0.3 is 12.3 Å². The average Bonchev–Trinajstić information content (AvgIpc) is 2.97. The summed E-state index contributed by atoms with van der Waals surface area (Å²) in [7, 11) is 0.822. The van der Waals surface area contributed by atoms with Crippen LogP contribution >= 0.6 is 23.2 Å². The van der Waals surface area contributed by atoms with Gasteiger partial charge in [0.05, 0.1) is 0 Å². The molecular formula is C31H29Cl2F3N2O5. The number of halogens is 5. The zero-order valence-corrected chi connectivity index (χ0v) is 24.6. The number of amides is 2. The third kappa shape index (κ3) is 6.01. The fraction of sp³-hybridized carbons (Fsp3) is 0.355. The van der Waals surface area contributed by atoms with Crippen molar-refractivity contribution in [2.75, 3.05) is 26.7 Å². The van der Waals surface area contributed by atoms with E-state index in [2.05, 4.69) is 5.32 Å². The van der Waals surface area contributed by atoms with E-state index in [1.807, 2.05) is 54.6 Å². The Labute approximate surface area is 256 Å². The first-order valence-corrected chi connectivity index (χ1v) is 14.3. The van der Waals surface area contributed by atoms with Gasteiger partial charge in [-0.1, -0.05) is 71.7 Å². The fourth-order valence-corrected chi connectivity index (χ4v) is 6.47. The first-order chi connectivity index (χ1) is 20.5. The fourth-order valence-electron chi connectivity index (χ4n) is 5.94. The van der Waals surface area contributed by atoms with Gasteiger partial charge in [-0.25, -0.2) is 4.79 Å². The van der Waals surface area contributed by atoms with Crippen LogP contribution in [0.2, 0.25) is 10.0 Å². The largest absolute Gasteiger partial charge is 0.489 e. The summed E-state index contributed by atoms with van der Waals surface area (Å²) < 4.78 is 61.2. The summed E-state index contributed by atoms with van der Waals surface area (Å²) in [5, 5.41) is 2.59. The molecule has 2 atom stereocenters. The van der Waals surface area contributed by atoms with Crippen molar-refractivity contribution < 1.29 is 37.0 Å². The lowest BCUT2D eigenvalue weighted by molar-refractivity contribution is -0.271. The molecule has 0 aromatic heterocycles. The van der Waals surface area contributed by atoms with Crippen LogP contribution < -0.4 is 10.1 Å². The van der Waals surface area contributed by atoms with Crippen LogP contribution in [0.3, 0.4) is 0 Å². The second-order valence-electron chi connectivity index (χ2n) is 10.5. The lowest BCUT2D eigenvalue weighted by Gasteiger charge is -2.49. The van der Waals surface area contributed by atoms with Crippen LogP contribution in [-0.2, 0) is 26.5 Å². The Morgan fingerprint density at radius 3 is 2.28 bits per heavy atom. The lowest BCUT2D eigenvalue weighted by Crippen LogP contribution is -2.62. The molecule has 12 heteroatoms. The molecule has 0 unspecified atom stereocenters. The molecule has 2 amide bonds. The number of methoxy groups -OCH3 is 1. The van der Waals surface area contributed by atoms with Crippen molar-refractivity contribution in [1.82, 2.24) is 10.2 Å². The minimum atomic E-state index is -5.14. The third-order valence-corrected chi connectivity index (χ3v) is 8.52. The first kappa shape index (κ1) is 31.0. The van der Waals surface area contributed by atoms with Gasteiger partial charge in [0.2, 0.25) is 0 Å². The molecule has 43 heavy (non-hydrogen) atoms. The van der Waals surface area contributed by atoms with Crippen LogP contribution in [0.4, 0.5) is 18.0 Å². The molecule has 228 valence electrons. The number of hydrogen-bond acceptors (Lipinski definition) is 5. The number of nitrogens with one attached hydrogen (secondary N) is 1. The number of alkyl halides is 3. The molecule has 2 saturated heterocycles. The van der Waals surface area contributed by atoms with Crippen LogP contribution in [0.25, 0.3) is 0 Å². The van der Waals surface area contributed by atoms with Crippen LogP contribution in [0.1, 0.15) is 35.4 Å². The average molecular weight is 637 g/mol. The van der Waals surface area contributed by atoms with E-state index in [4.69, 9.17) is 37.4 Å². The Kier molecular flexibility index (Phi) is 8.83. The smallest absolute Gasteiger partial charge is 0.430 e. The molecule has 2 aliphatic heterocycles. The number of piperidine rings is 1. The SMILES string of the molecule is CO[C@@](C(=O)N1CCC2(CC1)OC(=O)NC[C@@H]2c1ccccc1OCc1ccccc1)(c1cc(Cl)cc(Cl)c1)C(F)(F)F. The normalized spacial score (nSPS) is 19.7. The zero-order chi connectivity index (χ0) is 30.8. The van der Waals surface area contributed by atoms with Gasteiger partial charge in [-0.2, -0.15) is 13.2 Å². The molecule has 0 bridgehead atoms. The van der Waals surface area contributed by atoms with E-state index in [0.29, 0.717) is 12.4 Å². The predicted molar refractivity (Wildman–Crippen MR) is 154 cm³/mol. The molecule has 7 nitrogen and oxygen atoms in total. The third-order valence-electron chi connectivity index (χ3n) is 8.09. The summed E-state index contributed by atoms with van der Waals surface area (Å²) in [6.45, 7) is 0.303. The molecular weight excluding hydrogens is 608 g/mol. The second kappa shape index (κ2) is 12.3. The number of nitrogens with zero attached hydrogens (tertiary/aromatic N) is 1. The molecule has 0 saturated carbocycles. The van der Waals surface area contributed by atoms with E-state index < -0.39 is 40.9 Å². The Balaban J connectivity index is 1.42. The monoisotopic (exact) mass is 636 g/mol. The standard InChI is InChI=1S/C31H29Cl2F3N2O5/c1-41-30(31(34,35)36,21-15-22(32)17-23(33)16-21)27(39)38-13-11-29(12-14-38)25(18-37-28(40)43-29)24-9-5-6-10-26(24)42-19-20-7-3-2-4-8-20/h2-10,15-17,25H,11-14,18-19H2,1H3,(H,37,40)/t25-,30-/m1/s1. The number of hydrogen-bond donors (Lipinski definition) is 1. The summed E-state index contributed by atoms with van der Waals surface area (Å²) in [5.41, 5.74) is -3.19. The van der Waals surface area contributed by atoms with E-state index in [0.717, 1.165) is 35.3 Å². The Bertz CT molecular complexity index is 1460. The van der Waals surface area contributed by atoms with E-state index in [9.17, 15) is 22.8 Å². The van der Waals surface area contributed by atoms with Crippen molar-refractivity contribution >= 4 is 35.2 Å². The molecule has 3 aromatic rings. The van der Waals surface area contributed by atoms with Gasteiger partial charge in [0, 0.05) is 66.7 Å². The van der Waals surface area contributed by atoms with Gasteiger partial charge in [0.25, 0.3) is 11.5 Å². The Morgan fingerprint density at radius 1 is 1.02 bits per heavy atom. The Hall–Kier alpha value is -3.47. The summed E-state index contributed by atoms with van der Waals surface area (Å²) >= 11 is 12.0. The number of likely N-dealkylation sites (tertiary alicyclic amines) is 1. The summed E-state index contributed by atoms with van der Waals surface area (Å²) in [6, 6.07) is 20.3. The maximum atomic E-state index is 14.7. The quantitative estimate of drug-likeness (QED) is 0.307. The number of carbonyl (C=O) groups is 2. The van der Waals surface area contributed by atoms with Gasteiger partial charge in [-0.15, -0.1) is 0 Å². The zero-order valence-electron chi connectivity index (χ0n) is 23.1. The maximum absolute atomic E-state index is 14.7. The number of rotatable bonds is 7. The molecule has 1 spiro atoms. The van der Waals surface area contributed by atoms with Crippen LogP contribution in [0, 0.1) is 0 Å². The second-order valence-corrected chi connectivity index (χ2v) is 11.4. The lowest BCUT2D eigenvalue weighted by atomic mass is 9.74. The molecule has 2 heterocycles. The predicted octanol–water partition coefficient (Wildman–Crippen LogP) is 6.86. The van der Waals surface area contributed by atoms with Gasteiger partial charge in [-0.3, -0.25) is 4.79 Å². The number of ether oxygens (including phenoxy) is 3. The number of para-hydroxylation sites is 1. The van der Waals surface area contributed by atoms with Crippen molar-refractivity contribution in [3.05, 3.63) is 99.5 Å². The summed E-state index contributed by atoms with van der Waals surface area (Å²) in [4.78, 5) is 27.3. The molecule has 5 rings (SSSR count). The summed E-state index contributed by atoms with van der Waals surface area (Å²) in [5.74, 6) is -1.10. The van der Waals surface area contributed by atoms with Gasteiger partial charge in [0.15, 0.2) is 0 Å². The minimum Gasteiger partial charge on any atom is -0.489 e. The molecule has 2 aliphatic rings. The van der Waals surface area contributed by atoms with E-state index >= 15 is 0 Å². The van der Waals surface area contributed by atoms with E-state index in [1.165, 1.54) is 6.07 Å². The van der Waals surface area contributed by atoms with Crippen molar-refractivity contribution in [2.45, 2.75) is 42.7 Å². The maximum Gasteiger partial charge on any atom is 0.430 e. The van der Waals surface area contributed by atoms with Crippen LogP contribution in [0.15, 0.2) is 72.8 Å². The van der Waals surface area contributed by atoms with Gasteiger partial charge in [-0.05, 0) is 29.8 Å². The van der Waals surface area contributed by atoms with Crippen molar-refractivity contribution in [3.8, 4) is 5.75 Å². The van der Waals surface area contributed by atoms with Crippen molar-refractivity contribution in [1.29, 1.82) is 0 Å². The molecule has 0 aliphatic carbocycles. The van der Waals surface area contributed by atoms with E-state index in [-0.39, 0.29) is 42.5 Å². The highest BCUT2D eigenvalue weighted by molar-refractivity contribution is 6.34. The minimum absolute atomic E-state index is 0.0730. The first-order valence-electron chi connectivity index (χ1n) is 13.6. The van der Waals surface area contributed by atoms with Crippen LogP contribution in [-0.4, -0.2) is 55.4 Å². The molecule has 1 N–H and O–H groups in total. The molecule has 0 radical (unpaired) electrons. The topological polar surface area (TPSA) is 77.1 Å². The highest BCUT2D eigenvalue weighted by Gasteiger charge is 2.64. The molecule has 2 fully saturated rings. The number of benzene rings is 3. The highest BCUT2D eigenvalue weighted by atomic mass is 35.5. The number of carbonyl (C=O) groups excluding carboxylic acids is 2. The van der Waals surface area contributed by atoms with Crippen molar-refractivity contribution in [3.63, 3.8) is 0 Å². The Morgan fingerprint density at radius 2 is 1.65 bits per heavy atom. The van der Waals surface area contributed by atoms with Gasteiger partial charge < -0.3 is 24.4 Å². The molecule has 3 aromatic carbocycles. The van der Waals surface area contributed by atoms with Crippen molar-refractivity contribution in [2.24, 2.45) is 0 Å². The van der Waals surface area contributed by atoms with Gasteiger partial charge in [0.1, 0.15) is 18.0 Å². The highest BCUT2D eigenvalue weighted by Crippen LogP contribution is 2.48.